The van der Waals surface area contributed by atoms with E-state index in [-0.39, 0.29) is 23.8 Å². The number of para-hydroxylation sites is 1. The van der Waals surface area contributed by atoms with Crippen LogP contribution in [0.15, 0.2) is 103 Å². The third-order valence-corrected chi connectivity index (χ3v) is 9.02. The second-order valence-electron chi connectivity index (χ2n) is 12.9. The molecule has 6 aromatic rings. The molecule has 5 N–H and O–H groups in total. The number of aromatic nitrogens is 6. The van der Waals surface area contributed by atoms with Gasteiger partial charge in [-0.1, -0.05) is 54.6 Å². The number of nitrogens with zero attached hydrogens (tertiary/aromatic N) is 8. The fraction of sp³-hybridized carbons (Fsp3) is 0.225. The Morgan fingerprint density at radius 1 is 0.759 bits per heavy atom. The second-order valence-corrected chi connectivity index (χ2v) is 12.9. The summed E-state index contributed by atoms with van der Waals surface area (Å²) in [6.07, 6.45) is 0.687. The molecule has 3 heterocycles. The number of nitrogens with two attached hydrogens (primary N) is 1. The molecule has 1 unspecified atom stereocenters. The minimum Gasteiger partial charge on any atom is -0.457 e. The number of benzene rings is 4. The molecule has 1 saturated heterocycles. The molecule has 0 radical (unpaired) electrons. The van der Waals surface area contributed by atoms with Crippen LogP contribution in [-0.4, -0.2) is 68.0 Å². The van der Waals surface area contributed by atoms with Gasteiger partial charge in [0.15, 0.2) is 0 Å². The van der Waals surface area contributed by atoms with E-state index in [2.05, 4.69) is 52.8 Å². The number of hydrogen-bond acceptors (Lipinski definition) is 13. The van der Waals surface area contributed by atoms with Crippen molar-refractivity contribution >= 4 is 47.3 Å². The second kappa shape index (κ2) is 16.2. The number of ether oxygens (including phenoxy) is 1. The molecule has 7 rings (SSSR count). The SMILES string of the molecule is CCNc1nc(NC(=O)c2ccc(C)c(C)c2)nc(N2CCN(c3nc(N)nc(Nc4ccc(Oc5ccccc5)cc4)n3)CC2Cc2ccccc2)n1. The van der Waals surface area contributed by atoms with Gasteiger partial charge in [-0.3, -0.25) is 10.1 Å². The Kier molecular flexibility index (Phi) is 10.7. The highest BCUT2D eigenvalue weighted by molar-refractivity contribution is 6.03. The fourth-order valence-electron chi connectivity index (χ4n) is 6.14. The van der Waals surface area contributed by atoms with E-state index in [0.29, 0.717) is 67.7 Å². The van der Waals surface area contributed by atoms with E-state index >= 15 is 0 Å². The van der Waals surface area contributed by atoms with Gasteiger partial charge in [-0.25, -0.2) is 0 Å². The van der Waals surface area contributed by atoms with Crippen LogP contribution in [0.2, 0.25) is 0 Å². The van der Waals surface area contributed by atoms with Gasteiger partial charge in [0.05, 0.1) is 6.04 Å². The Labute approximate surface area is 313 Å². The summed E-state index contributed by atoms with van der Waals surface area (Å²) in [5, 5.41) is 9.35. The lowest BCUT2D eigenvalue weighted by Crippen LogP contribution is -2.55. The first-order valence-corrected chi connectivity index (χ1v) is 17.8. The third-order valence-electron chi connectivity index (χ3n) is 9.02. The van der Waals surface area contributed by atoms with E-state index in [4.69, 9.17) is 25.4 Å². The Bertz CT molecular complexity index is 2200. The predicted octanol–water partition coefficient (Wildman–Crippen LogP) is 6.41. The van der Waals surface area contributed by atoms with Crippen molar-refractivity contribution in [3.05, 3.63) is 125 Å². The molecule has 54 heavy (non-hydrogen) atoms. The quantitative estimate of drug-likeness (QED) is 0.109. The van der Waals surface area contributed by atoms with Crippen LogP contribution in [0.1, 0.15) is 34.0 Å². The molecular formula is C40H42N12O2. The molecule has 14 nitrogen and oxygen atoms in total. The van der Waals surface area contributed by atoms with Gasteiger partial charge in [0.2, 0.25) is 35.7 Å². The van der Waals surface area contributed by atoms with Crippen LogP contribution in [0.5, 0.6) is 11.5 Å². The van der Waals surface area contributed by atoms with Crippen molar-refractivity contribution in [3.8, 4) is 11.5 Å². The van der Waals surface area contributed by atoms with E-state index in [1.54, 1.807) is 6.07 Å². The number of nitrogen functional groups attached to an aromatic ring is 1. The predicted molar refractivity (Wildman–Crippen MR) is 212 cm³/mol. The lowest BCUT2D eigenvalue weighted by molar-refractivity contribution is 0.102. The Morgan fingerprint density at radius 3 is 2.20 bits per heavy atom. The number of anilines is 7. The first-order chi connectivity index (χ1) is 26.3. The number of piperazine rings is 1. The molecule has 1 aliphatic heterocycles. The Balaban J connectivity index is 1.12. The van der Waals surface area contributed by atoms with Crippen molar-refractivity contribution < 1.29 is 9.53 Å². The molecule has 0 spiro atoms. The van der Waals surface area contributed by atoms with Gasteiger partial charge in [0.1, 0.15) is 11.5 Å². The fourth-order valence-corrected chi connectivity index (χ4v) is 6.14. The smallest absolute Gasteiger partial charge is 0.258 e. The van der Waals surface area contributed by atoms with Crippen LogP contribution in [-0.2, 0) is 6.42 Å². The van der Waals surface area contributed by atoms with E-state index in [9.17, 15) is 4.79 Å². The molecule has 4 aromatic carbocycles. The summed E-state index contributed by atoms with van der Waals surface area (Å²) in [4.78, 5) is 45.3. The van der Waals surface area contributed by atoms with Crippen molar-refractivity contribution in [2.75, 3.05) is 57.7 Å². The van der Waals surface area contributed by atoms with Gasteiger partial charge >= 0.3 is 0 Å². The summed E-state index contributed by atoms with van der Waals surface area (Å²) in [6, 6.07) is 32.9. The van der Waals surface area contributed by atoms with Gasteiger partial charge in [-0.2, -0.15) is 29.9 Å². The number of rotatable bonds is 12. The molecule has 14 heteroatoms. The lowest BCUT2D eigenvalue weighted by Gasteiger charge is -2.41. The number of amides is 1. The summed E-state index contributed by atoms with van der Waals surface area (Å²) in [6.45, 7) is 8.17. The Morgan fingerprint density at radius 2 is 1.46 bits per heavy atom. The first-order valence-electron chi connectivity index (χ1n) is 17.8. The standard InChI is InChI=1S/C40H42N12O2/c1-4-42-36-47-38(44-34(53)29-16-15-26(2)27(3)23-29)50-40(48-36)52-22-21-51(25-31(52)24-28-11-7-5-8-12-28)39-46-35(41)45-37(49-39)43-30-17-19-33(20-18-30)54-32-13-9-6-10-14-32/h5-20,23,31H,4,21-22,24-25H2,1-3H3,(H3,41,43,45,46,49)(H2,42,44,47,48,50,53). The van der Waals surface area contributed by atoms with Crippen LogP contribution in [0, 0.1) is 13.8 Å². The molecule has 1 aliphatic rings. The summed E-state index contributed by atoms with van der Waals surface area (Å²) >= 11 is 0. The summed E-state index contributed by atoms with van der Waals surface area (Å²) in [5.41, 5.74) is 10.8. The maximum Gasteiger partial charge on any atom is 0.258 e. The topological polar surface area (TPSA) is 172 Å². The van der Waals surface area contributed by atoms with E-state index < -0.39 is 0 Å². The normalized spacial score (nSPS) is 14.0. The highest BCUT2D eigenvalue weighted by atomic mass is 16.5. The summed E-state index contributed by atoms with van der Waals surface area (Å²) in [7, 11) is 0. The number of carbonyl (C=O) groups is 1. The highest BCUT2D eigenvalue weighted by Gasteiger charge is 2.32. The third kappa shape index (κ3) is 8.78. The molecule has 2 aromatic heterocycles. The minimum atomic E-state index is -0.295. The van der Waals surface area contributed by atoms with Crippen LogP contribution >= 0.6 is 0 Å². The van der Waals surface area contributed by atoms with E-state index in [0.717, 1.165) is 28.1 Å². The summed E-state index contributed by atoms with van der Waals surface area (Å²) < 4.78 is 5.93. The van der Waals surface area contributed by atoms with Crippen molar-refractivity contribution in [2.24, 2.45) is 0 Å². The molecule has 1 fully saturated rings. The average molecular weight is 723 g/mol. The van der Waals surface area contributed by atoms with Gasteiger partial charge in [-0.05, 0) is 92.4 Å². The monoisotopic (exact) mass is 722 g/mol. The molecule has 1 amide bonds. The van der Waals surface area contributed by atoms with Crippen molar-refractivity contribution in [3.63, 3.8) is 0 Å². The highest BCUT2D eigenvalue weighted by Crippen LogP contribution is 2.27. The van der Waals surface area contributed by atoms with Crippen LogP contribution in [0.3, 0.4) is 0 Å². The maximum atomic E-state index is 13.3. The van der Waals surface area contributed by atoms with Crippen LogP contribution < -0.4 is 36.2 Å². The number of hydrogen-bond donors (Lipinski definition) is 4. The zero-order valence-electron chi connectivity index (χ0n) is 30.4. The molecule has 274 valence electrons. The molecule has 0 bridgehead atoms. The van der Waals surface area contributed by atoms with E-state index in [1.807, 2.05) is 106 Å². The lowest BCUT2D eigenvalue weighted by atomic mass is 10.0. The first kappa shape index (κ1) is 35.6. The van der Waals surface area contributed by atoms with Crippen molar-refractivity contribution in [2.45, 2.75) is 33.2 Å². The van der Waals surface area contributed by atoms with Gasteiger partial charge in [0.25, 0.3) is 5.91 Å². The van der Waals surface area contributed by atoms with Crippen LogP contribution in [0.4, 0.5) is 41.4 Å². The molecule has 0 saturated carbocycles. The van der Waals surface area contributed by atoms with Gasteiger partial charge in [0, 0.05) is 37.4 Å². The maximum absolute atomic E-state index is 13.3. The number of nitrogens with one attached hydrogen (secondary N) is 3. The number of aryl methyl sites for hydroxylation is 2. The van der Waals surface area contributed by atoms with Crippen molar-refractivity contribution in [1.29, 1.82) is 0 Å². The zero-order valence-corrected chi connectivity index (χ0v) is 30.4. The Hall–Kier alpha value is -6.83. The van der Waals surface area contributed by atoms with Gasteiger partial charge in [-0.15, -0.1) is 0 Å². The number of carbonyl (C=O) groups excluding carboxylic acids is 1. The zero-order chi connectivity index (χ0) is 37.4. The molecule has 0 aliphatic carbocycles. The average Bonchev–Trinajstić information content (AvgIpc) is 3.17. The van der Waals surface area contributed by atoms with Crippen molar-refractivity contribution in [1.82, 2.24) is 29.9 Å². The minimum absolute atomic E-state index is 0.102. The molecule has 1 atom stereocenters. The summed E-state index contributed by atoms with van der Waals surface area (Å²) in [5.74, 6) is 3.05. The van der Waals surface area contributed by atoms with E-state index in [1.165, 1.54) is 0 Å². The largest absolute Gasteiger partial charge is 0.457 e. The van der Waals surface area contributed by atoms with Crippen LogP contribution in [0.25, 0.3) is 0 Å². The molecular weight excluding hydrogens is 681 g/mol. The van der Waals surface area contributed by atoms with Gasteiger partial charge < -0.3 is 30.9 Å².